The lowest BCUT2D eigenvalue weighted by Crippen LogP contribution is -2.34. The molecule has 0 unspecified atom stereocenters. The lowest BCUT2D eigenvalue weighted by atomic mass is 10.0. The predicted molar refractivity (Wildman–Crippen MR) is 72.0 cm³/mol. The molecule has 18 heavy (non-hydrogen) atoms. The molecule has 0 aliphatic carbocycles. The van der Waals surface area contributed by atoms with Crippen molar-refractivity contribution >= 4 is 33.1 Å². The molecule has 1 aliphatic rings. The van der Waals surface area contributed by atoms with E-state index in [2.05, 4.69) is 0 Å². The minimum atomic E-state index is -3.28. The van der Waals surface area contributed by atoms with Crippen LogP contribution in [-0.4, -0.2) is 32.4 Å². The summed E-state index contributed by atoms with van der Waals surface area (Å²) in [6.07, 6.45) is 1.81. The molecule has 1 aliphatic heterocycles. The fourth-order valence-corrected chi connectivity index (χ4v) is 3.78. The average molecular weight is 288 g/mol. The highest BCUT2D eigenvalue weighted by molar-refractivity contribution is 7.92. The van der Waals surface area contributed by atoms with Gasteiger partial charge in [0.1, 0.15) is 0 Å². The van der Waals surface area contributed by atoms with Crippen molar-refractivity contribution in [3.63, 3.8) is 0 Å². The number of fused-ring (bicyclic) bond motifs is 1. The molecule has 0 radical (unpaired) electrons. The Kier molecular flexibility index (Phi) is 3.38. The van der Waals surface area contributed by atoms with E-state index < -0.39 is 10.0 Å². The molecule has 0 N–H and O–H groups in total. The lowest BCUT2D eigenvalue weighted by molar-refractivity contribution is 0.102. The van der Waals surface area contributed by atoms with Gasteiger partial charge in [-0.25, -0.2) is 8.42 Å². The maximum Gasteiger partial charge on any atom is 0.232 e. The van der Waals surface area contributed by atoms with Gasteiger partial charge in [-0.1, -0.05) is 0 Å². The lowest BCUT2D eigenvalue weighted by Gasteiger charge is -2.21. The first kappa shape index (κ1) is 13.4. The Hall–Kier alpha value is -1.07. The van der Waals surface area contributed by atoms with Crippen LogP contribution in [-0.2, 0) is 16.4 Å². The molecule has 0 saturated heterocycles. The highest BCUT2D eigenvalue weighted by Crippen LogP contribution is 2.34. The molecule has 2 rings (SSSR count). The van der Waals surface area contributed by atoms with Crippen molar-refractivity contribution < 1.29 is 13.2 Å². The molecule has 0 fully saturated rings. The highest BCUT2D eigenvalue weighted by atomic mass is 35.5. The van der Waals surface area contributed by atoms with Crippen molar-refractivity contribution in [1.82, 2.24) is 0 Å². The van der Waals surface area contributed by atoms with E-state index in [1.807, 2.05) is 6.92 Å². The summed E-state index contributed by atoms with van der Waals surface area (Å²) in [7, 11) is -3.28. The predicted octanol–water partition coefficient (Wildman–Crippen LogP) is 1.82. The van der Waals surface area contributed by atoms with E-state index in [0.717, 1.165) is 5.56 Å². The SMILES string of the molecule is C[C@@H]1Cc2cc(C(=O)CCl)ccc2N1S(C)(=O)=O. The fourth-order valence-electron chi connectivity index (χ4n) is 2.36. The number of sulfonamides is 1. The monoisotopic (exact) mass is 287 g/mol. The summed E-state index contributed by atoms with van der Waals surface area (Å²) in [5.41, 5.74) is 2.08. The molecule has 0 spiro atoms. The zero-order valence-electron chi connectivity index (χ0n) is 10.2. The van der Waals surface area contributed by atoms with E-state index in [1.165, 1.54) is 10.6 Å². The third-order valence-corrected chi connectivity index (χ3v) is 4.55. The van der Waals surface area contributed by atoms with Gasteiger partial charge >= 0.3 is 0 Å². The Balaban J connectivity index is 2.48. The van der Waals surface area contributed by atoms with Gasteiger partial charge in [0.25, 0.3) is 0 Å². The number of alkyl halides is 1. The second-order valence-electron chi connectivity index (χ2n) is 4.51. The number of carbonyl (C=O) groups is 1. The quantitative estimate of drug-likeness (QED) is 0.629. The normalized spacial score (nSPS) is 18.8. The van der Waals surface area contributed by atoms with Crippen LogP contribution in [0.5, 0.6) is 0 Å². The van der Waals surface area contributed by atoms with Gasteiger partial charge in [-0.3, -0.25) is 9.10 Å². The number of hydrogen-bond acceptors (Lipinski definition) is 3. The van der Waals surface area contributed by atoms with Gasteiger partial charge < -0.3 is 0 Å². The van der Waals surface area contributed by atoms with Gasteiger partial charge in [0.15, 0.2) is 5.78 Å². The van der Waals surface area contributed by atoms with Crippen molar-refractivity contribution in [3.8, 4) is 0 Å². The third-order valence-electron chi connectivity index (χ3n) is 3.03. The van der Waals surface area contributed by atoms with Crippen LogP contribution < -0.4 is 4.31 Å². The number of rotatable bonds is 3. The van der Waals surface area contributed by atoms with Gasteiger partial charge in [0, 0.05) is 11.6 Å². The van der Waals surface area contributed by atoms with Crippen LogP contribution in [0.4, 0.5) is 5.69 Å². The Labute approximate surface area is 112 Å². The van der Waals surface area contributed by atoms with Crippen molar-refractivity contribution in [3.05, 3.63) is 29.3 Å². The molecule has 4 nitrogen and oxygen atoms in total. The van der Waals surface area contributed by atoms with E-state index in [4.69, 9.17) is 11.6 Å². The van der Waals surface area contributed by atoms with E-state index in [9.17, 15) is 13.2 Å². The molecule has 98 valence electrons. The molecule has 1 heterocycles. The number of anilines is 1. The first-order chi connectivity index (χ1) is 8.34. The van der Waals surface area contributed by atoms with E-state index >= 15 is 0 Å². The highest BCUT2D eigenvalue weighted by Gasteiger charge is 2.32. The van der Waals surface area contributed by atoms with Crippen molar-refractivity contribution in [2.24, 2.45) is 0 Å². The molecule has 0 saturated carbocycles. The van der Waals surface area contributed by atoms with Crippen LogP contribution in [0.3, 0.4) is 0 Å². The van der Waals surface area contributed by atoms with Crippen molar-refractivity contribution in [2.75, 3.05) is 16.4 Å². The molecule has 0 amide bonds. The Morgan fingerprint density at radius 1 is 1.50 bits per heavy atom. The summed E-state index contributed by atoms with van der Waals surface area (Å²) in [5.74, 6) is -0.214. The second-order valence-corrected chi connectivity index (χ2v) is 6.64. The average Bonchev–Trinajstić information content (AvgIpc) is 2.62. The van der Waals surface area contributed by atoms with Gasteiger partial charge in [0.05, 0.1) is 17.8 Å². The van der Waals surface area contributed by atoms with Crippen molar-refractivity contribution in [1.29, 1.82) is 0 Å². The molecule has 1 atom stereocenters. The molecular formula is C12H14ClNO3S. The molecule has 0 bridgehead atoms. The summed E-state index contributed by atoms with van der Waals surface area (Å²) >= 11 is 5.51. The van der Waals surface area contributed by atoms with E-state index in [1.54, 1.807) is 18.2 Å². The smallest absolute Gasteiger partial charge is 0.232 e. The maximum absolute atomic E-state index is 11.7. The summed E-state index contributed by atoms with van der Waals surface area (Å²) in [6.45, 7) is 1.85. The second kappa shape index (κ2) is 4.55. The van der Waals surface area contributed by atoms with Crippen LogP contribution in [0.25, 0.3) is 0 Å². The number of Topliss-reactive ketones (excluding diaryl/α,β-unsaturated/α-hetero) is 1. The van der Waals surface area contributed by atoms with Crippen LogP contribution >= 0.6 is 11.6 Å². The van der Waals surface area contributed by atoms with Crippen LogP contribution in [0.15, 0.2) is 18.2 Å². The van der Waals surface area contributed by atoms with Gasteiger partial charge in [0.2, 0.25) is 10.0 Å². The molecule has 0 aromatic heterocycles. The number of ketones is 1. The molecule has 1 aromatic rings. The minimum absolute atomic E-state index is 0.0653. The Morgan fingerprint density at radius 2 is 2.17 bits per heavy atom. The summed E-state index contributed by atoms with van der Waals surface area (Å²) in [6, 6.07) is 4.93. The number of halogens is 1. The van der Waals surface area contributed by atoms with E-state index in [0.29, 0.717) is 17.7 Å². The summed E-state index contributed by atoms with van der Waals surface area (Å²) in [5, 5.41) is 0. The number of carbonyl (C=O) groups excluding carboxylic acids is 1. The molecule has 1 aromatic carbocycles. The standard InChI is InChI=1S/C12H14ClNO3S/c1-8-5-10-6-9(12(15)7-13)3-4-11(10)14(8)18(2,16)17/h3-4,6,8H,5,7H2,1-2H3/t8-/m1/s1. The van der Waals surface area contributed by atoms with Crippen LogP contribution in [0.2, 0.25) is 0 Å². The largest absolute Gasteiger partial charge is 0.293 e. The van der Waals surface area contributed by atoms with Crippen LogP contribution in [0.1, 0.15) is 22.8 Å². The Morgan fingerprint density at radius 3 is 2.72 bits per heavy atom. The Bertz CT molecular complexity index is 597. The number of nitrogens with zero attached hydrogens (tertiary/aromatic N) is 1. The van der Waals surface area contributed by atoms with E-state index in [-0.39, 0.29) is 17.7 Å². The van der Waals surface area contributed by atoms with Gasteiger partial charge in [-0.2, -0.15) is 0 Å². The topological polar surface area (TPSA) is 54.5 Å². The first-order valence-corrected chi connectivity index (χ1v) is 7.94. The molecule has 6 heteroatoms. The number of hydrogen-bond donors (Lipinski definition) is 0. The third kappa shape index (κ3) is 2.24. The fraction of sp³-hybridized carbons (Fsp3) is 0.417. The summed E-state index contributed by atoms with van der Waals surface area (Å²) in [4.78, 5) is 11.5. The van der Waals surface area contributed by atoms with Gasteiger partial charge in [-0.05, 0) is 37.1 Å². The summed E-state index contributed by atoms with van der Waals surface area (Å²) < 4.78 is 24.8. The zero-order chi connectivity index (χ0) is 13.5. The number of benzene rings is 1. The van der Waals surface area contributed by atoms with Crippen LogP contribution in [0, 0.1) is 0 Å². The zero-order valence-corrected chi connectivity index (χ0v) is 11.8. The molecular weight excluding hydrogens is 274 g/mol. The maximum atomic E-state index is 11.7. The van der Waals surface area contributed by atoms with Crippen molar-refractivity contribution in [2.45, 2.75) is 19.4 Å². The van der Waals surface area contributed by atoms with Gasteiger partial charge in [-0.15, -0.1) is 11.6 Å². The first-order valence-electron chi connectivity index (χ1n) is 5.56. The minimum Gasteiger partial charge on any atom is -0.293 e.